The van der Waals surface area contributed by atoms with E-state index in [0.29, 0.717) is 11.3 Å². The number of non-ortho nitro benzene ring substituents is 1. The number of rotatable bonds is 5. The number of nitrogens with one attached hydrogen (secondary N) is 1. The Kier molecular flexibility index (Phi) is 3.56. The molecule has 98 valence electrons. The van der Waals surface area contributed by atoms with Gasteiger partial charge in [0.15, 0.2) is 0 Å². The lowest BCUT2D eigenvalue weighted by atomic mass is 9.96. The van der Waals surface area contributed by atoms with Gasteiger partial charge in [0.05, 0.1) is 10.8 Å². The normalized spacial score (nSPS) is 12.0. The van der Waals surface area contributed by atoms with E-state index < -0.39 is 15.8 Å². The zero-order valence-electron chi connectivity index (χ0n) is 9.85. The Morgan fingerprint density at radius 2 is 1.79 bits per heavy atom. The third-order valence-electron chi connectivity index (χ3n) is 2.84. The van der Waals surface area contributed by atoms with E-state index in [1.54, 1.807) is 30.5 Å². The Bertz CT molecular complexity index is 578. The van der Waals surface area contributed by atoms with Crippen molar-refractivity contribution in [3.05, 3.63) is 74.1 Å². The molecular formula is C12H11N3O4. The van der Waals surface area contributed by atoms with Crippen LogP contribution in [0.15, 0.2) is 42.6 Å². The topological polar surface area (TPSA) is 102 Å². The smallest absolute Gasteiger partial charge is 0.269 e. The van der Waals surface area contributed by atoms with Crippen LogP contribution in [-0.4, -0.2) is 21.4 Å². The number of hydrogen-bond donors (Lipinski definition) is 1. The zero-order valence-corrected chi connectivity index (χ0v) is 9.85. The first kappa shape index (κ1) is 12.7. The van der Waals surface area contributed by atoms with Crippen LogP contribution in [0.5, 0.6) is 0 Å². The van der Waals surface area contributed by atoms with Crippen LogP contribution in [0.1, 0.15) is 17.2 Å². The fraction of sp³-hybridized carbons (Fsp3) is 0.167. The number of nitro groups is 2. The molecule has 0 fully saturated rings. The molecule has 0 bridgehead atoms. The molecule has 0 aliphatic heterocycles. The number of H-pyrrole nitrogens is 1. The Morgan fingerprint density at radius 3 is 2.26 bits per heavy atom. The van der Waals surface area contributed by atoms with Gasteiger partial charge >= 0.3 is 0 Å². The average Bonchev–Trinajstić information content (AvgIpc) is 2.89. The summed E-state index contributed by atoms with van der Waals surface area (Å²) in [7, 11) is 0. The molecular weight excluding hydrogens is 250 g/mol. The van der Waals surface area contributed by atoms with Crippen LogP contribution in [-0.2, 0) is 0 Å². The largest absolute Gasteiger partial charge is 0.364 e. The number of benzene rings is 1. The lowest BCUT2D eigenvalue weighted by Gasteiger charge is -2.11. The second kappa shape index (κ2) is 5.30. The van der Waals surface area contributed by atoms with Gasteiger partial charge in [0.1, 0.15) is 0 Å². The highest BCUT2D eigenvalue weighted by molar-refractivity contribution is 5.37. The summed E-state index contributed by atoms with van der Waals surface area (Å²) < 4.78 is 0. The number of aromatic nitrogens is 1. The van der Waals surface area contributed by atoms with Gasteiger partial charge in [-0.25, -0.2) is 0 Å². The molecule has 0 amide bonds. The van der Waals surface area contributed by atoms with Crippen LogP contribution < -0.4 is 0 Å². The third-order valence-corrected chi connectivity index (χ3v) is 2.84. The second-order valence-electron chi connectivity index (χ2n) is 4.04. The minimum absolute atomic E-state index is 0.0323. The molecule has 2 aromatic rings. The Labute approximate surface area is 108 Å². The van der Waals surface area contributed by atoms with E-state index in [4.69, 9.17) is 0 Å². The van der Waals surface area contributed by atoms with E-state index in [9.17, 15) is 20.2 Å². The first-order valence-corrected chi connectivity index (χ1v) is 5.57. The lowest BCUT2D eigenvalue weighted by Crippen LogP contribution is -2.14. The zero-order chi connectivity index (χ0) is 13.8. The quantitative estimate of drug-likeness (QED) is 0.659. The Morgan fingerprint density at radius 1 is 1.11 bits per heavy atom. The van der Waals surface area contributed by atoms with E-state index in [1.165, 1.54) is 12.1 Å². The molecule has 1 N–H and O–H groups in total. The van der Waals surface area contributed by atoms with Gasteiger partial charge in [-0.1, -0.05) is 12.1 Å². The monoisotopic (exact) mass is 261 g/mol. The van der Waals surface area contributed by atoms with Gasteiger partial charge in [0.2, 0.25) is 6.54 Å². The van der Waals surface area contributed by atoms with Crippen LogP contribution in [0.3, 0.4) is 0 Å². The van der Waals surface area contributed by atoms with Gasteiger partial charge in [-0.3, -0.25) is 20.2 Å². The molecule has 0 spiro atoms. The number of aromatic amines is 1. The van der Waals surface area contributed by atoms with Gasteiger partial charge < -0.3 is 4.98 Å². The van der Waals surface area contributed by atoms with E-state index in [2.05, 4.69) is 4.98 Å². The number of nitrogens with zero attached hydrogens (tertiary/aromatic N) is 2. The molecule has 1 aromatic heterocycles. The Balaban J connectivity index is 2.33. The first-order valence-electron chi connectivity index (χ1n) is 5.57. The van der Waals surface area contributed by atoms with Crippen molar-refractivity contribution in [3.63, 3.8) is 0 Å². The minimum Gasteiger partial charge on any atom is -0.364 e. The molecule has 2 rings (SSSR count). The van der Waals surface area contributed by atoms with Crippen LogP contribution in [0.25, 0.3) is 0 Å². The highest BCUT2D eigenvalue weighted by Crippen LogP contribution is 2.25. The summed E-state index contributed by atoms with van der Waals surface area (Å²) in [5, 5.41) is 21.3. The van der Waals surface area contributed by atoms with Gasteiger partial charge in [-0.15, -0.1) is 0 Å². The van der Waals surface area contributed by atoms with Gasteiger partial charge in [-0.05, 0) is 17.7 Å². The van der Waals surface area contributed by atoms with E-state index in [0.717, 1.165) is 0 Å². The molecule has 0 aliphatic carbocycles. The van der Waals surface area contributed by atoms with Crippen LogP contribution >= 0.6 is 0 Å². The maximum atomic E-state index is 10.7. The van der Waals surface area contributed by atoms with Gasteiger partial charge in [-0.2, -0.15) is 0 Å². The van der Waals surface area contributed by atoms with Crippen LogP contribution in [0.4, 0.5) is 5.69 Å². The fourth-order valence-corrected chi connectivity index (χ4v) is 1.92. The second-order valence-corrected chi connectivity index (χ2v) is 4.04. The first-order chi connectivity index (χ1) is 9.08. The summed E-state index contributed by atoms with van der Waals surface area (Å²) in [4.78, 5) is 23.4. The van der Waals surface area contributed by atoms with Crippen molar-refractivity contribution in [2.24, 2.45) is 0 Å². The van der Waals surface area contributed by atoms with E-state index >= 15 is 0 Å². The van der Waals surface area contributed by atoms with Crippen molar-refractivity contribution in [1.29, 1.82) is 0 Å². The molecule has 0 unspecified atom stereocenters. The highest BCUT2D eigenvalue weighted by Gasteiger charge is 2.21. The van der Waals surface area contributed by atoms with E-state index in [-0.39, 0.29) is 12.2 Å². The SMILES string of the molecule is O=[N+]([O-])C[C@H](c1ccc([N+](=O)[O-])cc1)c1ccc[nH]1. The van der Waals surface area contributed by atoms with Crippen molar-refractivity contribution in [1.82, 2.24) is 4.98 Å². The summed E-state index contributed by atoms with van der Waals surface area (Å²) in [5.74, 6) is -0.439. The molecule has 0 aliphatic rings. The van der Waals surface area contributed by atoms with Crippen molar-refractivity contribution >= 4 is 5.69 Å². The molecule has 0 saturated heterocycles. The maximum absolute atomic E-state index is 10.7. The standard InChI is InChI=1S/C12H11N3O4/c16-14(17)8-11(12-2-1-7-13-12)9-3-5-10(6-4-9)15(18)19/h1-7,11,13H,8H2/t11-/m1/s1. The van der Waals surface area contributed by atoms with Gasteiger partial charge in [0.25, 0.3) is 5.69 Å². The number of hydrogen-bond acceptors (Lipinski definition) is 4. The Hall–Kier alpha value is -2.70. The molecule has 0 radical (unpaired) electrons. The van der Waals surface area contributed by atoms with Crippen molar-refractivity contribution in [3.8, 4) is 0 Å². The van der Waals surface area contributed by atoms with E-state index in [1.807, 2.05) is 0 Å². The summed E-state index contributed by atoms with van der Waals surface area (Å²) in [6.45, 7) is -0.266. The molecule has 1 heterocycles. The van der Waals surface area contributed by atoms with Crippen LogP contribution in [0, 0.1) is 20.2 Å². The summed E-state index contributed by atoms with van der Waals surface area (Å²) >= 11 is 0. The summed E-state index contributed by atoms with van der Waals surface area (Å²) in [6, 6.07) is 9.32. The predicted octanol–water partition coefficient (Wildman–Crippen LogP) is 2.33. The highest BCUT2D eigenvalue weighted by atomic mass is 16.6. The van der Waals surface area contributed by atoms with Gasteiger partial charge in [0, 0.05) is 28.9 Å². The summed E-state index contributed by atoms with van der Waals surface area (Å²) in [5.41, 5.74) is 1.35. The van der Waals surface area contributed by atoms with Crippen molar-refractivity contribution in [2.75, 3.05) is 6.54 Å². The van der Waals surface area contributed by atoms with Crippen molar-refractivity contribution < 1.29 is 9.85 Å². The molecule has 1 aromatic carbocycles. The molecule has 0 saturated carbocycles. The minimum atomic E-state index is -0.499. The average molecular weight is 261 g/mol. The third kappa shape index (κ3) is 2.95. The predicted molar refractivity (Wildman–Crippen MR) is 67.6 cm³/mol. The fourth-order valence-electron chi connectivity index (χ4n) is 1.92. The molecule has 7 nitrogen and oxygen atoms in total. The maximum Gasteiger partial charge on any atom is 0.269 e. The van der Waals surface area contributed by atoms with Crippen molar-refractivity contribution in [2.45, 2.75) is 5.92 Å². The lowest BCUT2D eigenvalue weighted by molar-refractivity contribution is -0.481. The molecule has 1 atom stereocenters. The molecule has 19 heavy (non-hydrogen) atoms. The molecule has 7 heteroatoms. The van der Waals surface area contributed by atoms with Crippen LogP contribution in [0.2, 0.25) is 0 Å². The summed E-state index contributed by atoms with van der Waals surface area (Å²) in [6.07, 6.45) is 1.69. The number of nitro benzene ring substituents is 1.